The van der Waals surface area contributed by atoms with Crippen LogP contribution >= 0.6 is 0 Å². The van der Waals surface area contributed by atoms with Gasteiger partial charge in [-0.2, -0.15) is 0 Å². The molecular formula is C10H30N2O2. The summed E-state index contributed by atoms with van der Waals surface area (Å²) < 4.78 is 4.54. The number of ether oxygens (including phenoxy) is 1. The number of aliphatic hydroxyl groups is 1. The Kier molecular flexibility index (Phi) is 88.8. The molecule has 0 radical (unpaired) electrons. The summed E-state index contributed by atoms with van der Waals surface area (Å²) in [6.45, 7) is 9.06. The molecule has 3 N–H and O–H groups in total. The minimum atomic E-state index is 0.819. The maximum atomic E-state index is 7.00. The highest BCUT2D eigenvalue weighted by Crippen LogP contribution is 1.52. The molecular weight excluding hydrogens is 180 g/mol. The van der Waals surface area contributed by atoms with Crippen LogP contribution in [0.25, 0.3) is 0 Å². The quantitative estimate of drug-likeness (QED) is 0.642. The Morgan fingerprint density at radius 2 is 1.07 bits per heavy atom. The van der Waals surface area contributed by atoms with Gasteiger partial charge in [0.2, 0.25) is 0 Å². The predicted octanol–water partition coefficient (Wildman–Crippen LogP) is 0.713. The standard InChI is InChI=1S/2C3H9N.C3H8O.CH4O/c3*1-3-4-2;1-2/h2*4H,3H2,1-2H3;3H2,1-2H3;2H,1H3. The smallest absolute Gasteiger partial charge is 0.0433 e. The molecule has 0 rings (SSSR count). The van der Waals surface area contributed by atoms with Gasteiger partial charge in [0.15, 0.2) is 0 Å². The van der Waals surface area contributed by atoms with Gasteiger partial charge < -0.3 is 20.5 Å². The lowest BCUT2D eigenvalue weighted by atomic mass is 10.8. The van der Waals surface area contributed by atoms with Crippen LogP contribution < -0.4 is 10.6 Å². The Bertz CT molecular complexity index is 31.6. The van der Waals surface area contributed by atoms with Crippen molar-refractivity contribution in [2.45, 2.75) is 20.8 Å². The SMILES string of the molecule is CCNC.CCNC.CCOC.CO. The predicted molar refractivity (Wildman–Crippen MR) is 64.9 cm³/mol. The summed E-state index contributed by atoms with van der Waals surface area (Å²) in [6, 6.07) is 0. The average Bonchev–Trinajstić information content (AvgIpc) is 2.31. The second kappa shape index (κ2) is 52.8. The summed E-state index contributed by atoms with van der Waals surface area (Å²) >= 11 is 0. The summed E-state index contributed by atoms with van der Waals surface area (Å²) in [5, 5.41) is 12.9. The van der Waals surface area contributed by atoms with E-state index in [1.807, 2.05) is 21.0 Å². The number of hydrogen-bond acceptors (Lipinski definition) is 4. The van der Waals surface area contributed by atoms with Crippen LogP contribution in [0.1, 0.15) is 20.8 Å². The van der Waals surface area contributed by atoms with Crippen LogP contribution in [-0.4, -0.2) is 53.1 Å². The second-order valence-electron chi connectivity index (χ2n) is 1.99. The van der Waals surface area contributed by atoms with Crippen LogP contribution in [0.2, 0.25) is 0 Å². The van der Waals surface area contributed by atoms with Crippen LogP contribution in [-0.2, 0) is 4.74 Å². The third-order valence-corrected chi connectivity index (χ3v) is 0.996. The largest absolute Gasteiger partial charge is 0.400 e. The molecule has 14 heavy (non-hydrogen) atoms. The second-order valence-corrected chi connectivity index (χ2v) is 1.99. The Morgan fingerprint density at radius 3 is 1.07 bits per heavy atom. The molecule has 0 unspecified atom stereocenters. The number of hydrogen-bond donors (Lipinski definition) is 3. The first kappa shape index (κ1) is 23.6. The summed E-state index contributed by atoms with van der Waals surface area (Å²) in [5.41, 5.74) is 0. The van der Waals surface area contributed by atoms with Gasteiger partial charge in [0, 0.05) is 20.8 Å². The van der Waals surface area contributed by atoms with Crippen molar-refractivity contribution in [2.75, 3.05) is 48.0 Å². The first-order valence-electron chi connectivity index (χ1n) is 4.97. The molecule has 0 fully saturated rings. The van der Waals surface area contributed by atoms with E-state index >= 15 is 0 Å². The summed E-state index contributed by atoms with van der Waals surface area (Å²) in [7, 11) is 6.54. The number of nitrogens with one attached hydrogen (secondary N) is 2. The van der Waals surface area contributed by atoms with Crippen molar-refractivity contribution < 1.29 is 9.84 Å². The first-order chi connectivity index (χ1) is 6.74. The van der Waals surface area contributed by atoms with Crippen molar-refractivity contribution in [1.82, 2.24) is 10.6 Å². The molecule has 0 spiro atoms. The van der Waals surface area contributed by atoms with Crippen molar-refractivity contribution in [3.63, 3.8) is 0 Å². The van der Waals surface area contributed by atoms with Crippen molar-refractivity contribution in [2.24, 2.45) is 0 Å². The van der Waals surface area contributed by atoms with Gasteiger partial charge in [-0.15, -0.1) is 0 Å². The lowest BCUT2D eigenvalue weighted by Gasteiger charge is -1.76. The lowest BCUT2D eigenvalue weighted by molar-refractivity contribution is 0.215. The van der Waals surface area contributed by atoms with Crippen LogP contribution in [0.5, 0.6) is 0 Å². The highest BCUT2D eigenvalue weighted by molar-refractivity contribution is 4.16. The van der Waals surface area contributed by atoms with E-state index < -0.39 is 0 Å². The molecule has 0 aromatic heterocycles. The number of methoxy groups -OCH3 is 1. The molecule has 0 aliphatic rings. The fourth-order valence-electron chi connectivity index (χ4n) is 0. The van der Waals surface area contributed by atoms with Gasteiger partial charge in [-0.05, 0) is 34.1 Å². The first-order valence-corrected chi connectivity index (χ1v) is 4.97. The van der Waals surface area contributed by atoms with Gasteiger partial charge in [-0.3, -0.25) is 0 Å². The lowest BCUT2D eigenvalue weighted by Crippen LogP contribution is -2.01. The Morgan fingerprint density at radius 1 is 0.929 bits per heavy atom. The minimum absolute atomic E-state index is 0.819. The average molecular weight is 210 g/mol. The van der Waals surface area contributed by atoms with Crippen LogP contribution in [0.3, 0.4) is 0 Å². The molecule has 92 valence electrons. The zero-order valence-corrected chi connectivity index (χ0v) is 11.0. The monoisotopic (exact) mass is 210 g/mol. The number of rotatable bonds is 3. The summed E-state index contributed by atoms with van der Waals surface area (Å²) in [6.07, 6.45) is 0. The van der Waals surface area contributed by atoms with E-state index in [1.165, 1.54) is 0 Å². The topological polar surface area (TPSA) is 53.5 Å². The fraction of sp³-hybridized carbons (Fsp3) is 1.00. The van der Waals surface area contributed by atoms with Crippen LogP contribution in [0.15, 0.2) is 0 Å². The van der Waals surface area contributed by atoms with E-state index in [0.717, 1.165) is 26.8 Å². The fourth-order valence-corrected chi connectivity index (χ4v) is 0. The molecule has 0 aliphatic carbocycles. The third-order valence-electron chi connectivity index (χ3n) is 0.996. The van der Waals surface area contributed by atoms with Crippen LogP contribution in [0.4, 0.5) is 0 Å². The highest BCUT2D eigenvalue weighted by Gasteiger charge is 1.51. The summed E-state index contributed by atoms with van der Waals surface area (Å²) in [5.74, 6) is 0. The minimum Gasteiger partial charge on any atom is -0.400 e. The maximum absolute atomic E-state index is 7.00. The van der Waals surface area contributed by atoms with Gasteiger partial charge in [-0.1, -0.05) is 13.8 Å². The van der Waals surface area contributed by atoms with Crippen molar-refractivity contribution in [3.05, 3.63) is 0 Å². The van der Waals surface area contributed by atoms with Gasteiger partial charge >= 0.3 is 0 Å². The maximum Gasteiger partial charge on any atom is 0.0433 e. The highest BCUT2D eigenvalue weighted by atomic mass is 16.5. The van der Waals surface area contributed by atoms with Crippen molar-refractivity contribution in [1.29, 1.82) is 0 Å². The summed E-state index contributed by atoms with van der Waals surface area (Å²) in [4.78, 5) is 0. The van der Waals surface area contributed by atoms with E-state index in [2.05, 4.69) is 29.2 Å². The van der Waals surface area contributed by atoms with Gasteiger partial charge in [0.1, 0.15) is 0 Å². The zero-order chi connectivity index (χ0) is 12.2. The zero-order valence-electron chi connectivity index (χ0n) is 11.0. The van der Waals surface area contributed by atoms with Crippen molar-refractivity contribution in [3.8, 4) is 0 Å². The molecule has 0 amide bonds. The molecule has 0 heterocycles. The Hall–Kier alpha value is -0.160. The molecule has 0 aliphatic heterocycles. The van der Waals surface area contributed by atoms with E-state index in [0.29, 0.717) is 0 Å². The molecule has 0 aromatic carbocycles. The molecule has 0 bridgehead atoms. The van der Waals surface area contributed by atoms with Crippen LogP contribution in [0, 0.1) is 0 Å². The van der Waals surface area contributed by atoms with Gasteiger partial charge in [-0.25, -0.2) is 0 Å². The number of aliphatic hydroxyl groups excluding tert-OH is 1. The van der Waals surface area contributed by atoms with Crippen molar-refractivity contribution >= 4 is 0 Å². The third kappa shape index (κ3) is 172. The van der Waals surface area contributed by atoms with E-state index in [4.69, 9.17) is 5.11 Å². The van der Waals surface area contributed by atoms with Gasteiger partial charge in [0.25, 0.3) is 0 Å². The van der Waals surface area contributed by atoms with E-state index in [-0.39, 0.29) is 0 Å². The Balaban J connectivity index is -0.0000000492. The normalized spacial score (nSPS) is 6.86. The molecule has 0 aromatic rings. The van der Waals surface area contributed by atoms with Gasteiger partial charge in [0.05, 0.1) is 0 Å². The molecule has 4 heteroatoms. The molecule has 0 atom stereocenters. The Labute approximate surface area is 90.0 Å². The van der Waals surface area contributed by atoms with E-state index in [1.54, 1.807) is 7.11 Å². The molecule has 0 saturated carbocycles. The molecule has 0 saturated heterocycles. The van der Waals surface area contributed by atoms with E-state index in [9.17, 15) is 0 Å². The molecule has 4 nitrogen and oxygen atoms in total.